The molecule has 1 atom stereocenters. The number of unbranched alkanes of at least 4 members (excludes halogenated alkanes) is 7. The molecule has 0 radical (unpaired) electrons. The summed E-state index contributed by atoms with van der Waals surface area (Å²) in [5.41, 5.74) is 0. The first-order valence-corrected chi connectivity index (χ1v) is 6.68. The molecular formula is C13H29NO. The van der Waals surface area contributed by atoms with E-state index in [9.17, 15) is 5.21 Å². The summed E-state index contributed by atoms with van der Waals surface area (Å²) in [5, 5.41) is 11.6. The number of hydrogen-bond acceptors (Lipinski definition) is 1. The zero-order chi connectivity index (χ0) is 11.6. The topological polar surface area (TPSA) is 23.1 Å². The zero-order valence-corrected chi connectivity index (χ0v) is 10.9. The summed E-state index contributed by atoms with van der Waals surface area (Å²) >= 11 is 0. The predicted octanol–water partition coefficient (Wildman–Crippen LogP) is 4.09. The minimum atomic E-state index is -0.0597. The molecule has 0 aromatic heterocycles. The van der Waals surface area contributed by atoms with Crippen molar-refractivity contribution in [2.75, 3.05) is 20.1 Å². The van der Waals surface area contributed by atoms with Gasteiger partial charge in [-0.3, -0.25) is 0 Å². The molecule has 0 rings (SSSR count). The summed E-state index contributed by atoms with van der Waals surface area (Å²) < 4.78 is -0.0597. The third kappa shape index (κ3) is 10.2. The number of quaternary nitrogens is 1. The summed E-state index contributed by atoms with van der Waals surface area (Å²) in [6.45, 7) is 5.72. The van der Waals surface area contributed by atoms with Gasteiger partial charge in [-0.05, 0) is 19.8 Å². The number of nitrogens with zero attached hydrogens (tertiary/aromatic N) is 1. The van der Waals surface area contributed by atoms with Gasteiger partial charge in [0.05, 0.1) is 20.1 Å². The zero-order valence-electron chi connectivity index (χ0n) is 10.9. The van der Waals surface area contributed by atoms with E-state index in [1.54, 1.807) is 7.05 Å². The van der Waals surface area contributed by atoms with Crippen LogP contribution < -0.4 is 0 Å². The fourth-order valence-electron chi connectivity index (χ4n) is 1.74. The van der Waals surface area contributed by atoms with Crippen molar-refractivity contribution in [2.24, 2.45) is 0 Å². The van der Waals surface area contributed by atoms with Crippen LogP contribution in [-0.2, 0) is 0 Å². The molecule has 1 unspecified atom stereocenters. The Morgan fingerprint density at radius 1 is 0.800 bits per heavy atom. The summed E-state index contributed by atoms with van der Waals surface area (Å²) in [5.74, 6) is 0. The van der Waals surface area contributed by atoms with E-state index >= 15 is 0 Å². The van der Waals surface area contributed by atoms with Gasteiger partial charge in [0.1, 0.15) is 0 Å². The van der Waals surface area contributed by atoms with Crippen molar-refractivity contribution >= 4 is 0 Å². The molecule has 0 aliphatic carbocycles. The molecule has 0 fully saturated rings. The van der Waals surface area contributed by atoms with Gasteiger partial charge in [0.25, 0.3) is 0 Å². The van der Waals surface area contributed by atoms with E-state index in [4.69, 9.17) is 0 Å². The fourth-order valence-corrected chi connectivity index (χ4v) is 1.74. The van der Waals surface area contributed by atoms with Gasteiger partial charge >= 0.3 is 0 Å². The highest BCUT2D eigenvalue weighted by Gasteiger charge is 2.04. The molecule has 0 aliphatic rings. The Morgan fingerprint density at radius 2 is 1.27 bits per heavy atom. The number of rotatable bonds is 10. The van der Waals surface area contributed by atoms with Crippen LogP contribution >= 0.6 is 0 Å². The van der Waals surface area contributed by atoms with Crippen LogP contribution in [0.15, 0.2) is 0 Å². The second-order valence-electron chi connectivity index (χ2n) is 4.81. The van der Waals surface area contributed by atoms with Gasteiger partial charge in [-0.1, -0.05) is 45.4 Å². The molecule has 0 amide bonds. The van der Waals surface area contributed by atoms with Crippen LogP contribution in [0.5, 0.6) is 0 Å². The molecular weight excluding hydrogens is 186 g/mol. The lowest BCUT2D eigenvalue weighted by molar-refractivity contribution is -0.859. The highest BCUT2D eigenvalue weighted by molar-refractivity contribution is 4.46. The lowest BCUT2D eigenvalue weighted by Gasteiger charge is -2.37. The average Bonchev–Trinajstić information content (AvgIpc) is 2.22. The SMILES string of the molecule is CCCCCCCCCC[N+](C)([O-])CC. The van der Waals surface area contributed by atoms with Crippen molar-refractivity contribution in [2.45, 2.75) is 65.2 Å². The Bertz CT molecular complexity index is 134. The van der Waals surface area contributed by atoms with Gasteiger partial charge in [0.15, 0.2) is 0 Å². The molecule has 0 bridgehead atoms. The Balaban J connectivity index is 3.11. The Morgan fingerprint density at radius 3 is 1.73 bits per heavy atom. The summed E-state index contributed by atoms with van der Waals surface area (Å²) in [7, 11) is 1.78. The molecule has 0 aromatic carbocycles. The standard InChI is InChI=1S/C13H29NO/c1-4-6-7-8-9-10-11-12-13-14(3,15)5-2/h4-13H2,1-3H3. The second-order valence-corrected chi connectivity index (χ2v) is 4.81. The molecule has 15 heavy (non-hydrogen) atoms. The van der Waals surface area contributed by atoms with Crippen LogP contribution in [0.1, 0.15) is 65.2 Å². The smallest absolute Gasteiger partial charge is 0.0781 e. The maximum Gasteiger partial charge on any atom is 0.0781 e. The largest absolute Gasteiger partial charge is 0.633 e. The van der Waals surface area contributed by atoms with Crippen LogP contribution in [0.25, 0.3) is 0 Å². The molecule has 0 saturated carbocycles. The Hall–Kier alpha value is -0.0800. The van der Waals surface area contributed by atoms with Gasteiger partial charge in [-0.15, -0.1) is 0 Å². The predicted molar refractivity (Wildman–Crippen MR) is 67.6 cm³/mol. The third-order valence-corrected chi connectivity index (χ3v) is 3.15. The molecule has 0 spiro atoms. The number of hydroxylamine groups is 3. The Kier molecular flexibility index (Phi) is 9.12. The van der Waals surface area contributed by atoms with Crippen LogP contribution in [0.2, 0.25) is 0 Å². The molecule has 92 valence electrons. The van der Waals surface area contributed by atoms with E-state index in [0.29, 0.717) is 6.54 Å². The van der Waals surface area contributed by atoms with E-state index in [-0.39, 0.29) is 4.65 Å². The molecule has 0 N–H and O–H groups in total. The van der Waals surface area contributed by atoms with Gasteiger partial charge in [0, 0.05) is 0 Å². The maximum atomic E-state index is 11.6. The molecule has 2 heteroatoms. The van der Waals surface area contributed by atoms with Crippen molar-refractivity contribution < 1.29 is 4.65 Å². The van der Waals surface area contributed by atoms with Crippen molar-refractivity contribution in [3.05, 3.63) is 5.21 Å². The first-order chi connectivity index (χ1) is 7.12. The normalized spacial score (nSPS) is 15.2. The summed E-state index contributed by atoms with van der Waals surface area (Å²) in [6, 6.07) is 0. The van der Waals surface area contributed by atoms with Crippen LogP contribution in [-0.4, -0.2) is 24.8 Å². The minimum absolute atomic E-state index is 0.0597. The lowest BCUT2D eigenvalue weighted by atomic mass is 10.1. The third-order valence-electron chi connectivity index (χ3n) is 3.15. The summed E-state index contributed by atoms with van der Waals surface area (Å²) in [4.78, 5) is 0. The first kappa shape index (κ1) is 14.9. The van der Waals surface area contributed by atoms with Gasteiger partial charge < -0.3 is 9.85 Å². The molecule has 0 heterocycles. The van der Waals surface area contributed by atoms with Crippen molar-refractivity contribution in [1.82, 2.24) is 0 Å². The van der Waals surface area contributed by atoms with Gasteiger partial charge in [-0.2, -0.15) is 0 Å². The van der Waals surface area contributed by atoms with E-state index in [1.165, 1.54) is 44.9 Å². The summed E-state index contributed by atoms with van der Waals surface area (Å²) in [6.07, 6.45) is 10.5. The monoisotopic (exact) mass is 215 g/mol. The fraction of sp³-hybridized carbons (Fsp3) is 1.00. The highest BCUT2D eigenvalue weighted by Crippen LogP contribution is 2.10. The quantitative estimate of drug-likeness (QED) is 0.306. The van der Waals surface area contributed by atoms with E-state index in [2.05, 4.69) is 6.92 Å². The van der Waals surface area contributed by atoms with Crippen LogP contribution in [0.3, 0.4) is 0 Å². The van der Waals surface area contributed by atoms with Crippen molar-refractivity contribution in [1.29, 1.82) is 0 Å². The van der Waals surface area contributed by atoms with E-state index in [0.717, 1.165) is 13.0 Å². The lowest BCUT2D eigenvalue weighted by Crippen LogP contribution is -2.37. The molecule has 0 aliphatic heterocycles. The molecule has 0 aromatic rings. The molecule has 2 nitrogen and oxygen atoms in total. The highest BCUT2D eigenvalue weighted by atomic mass is 16.5. The van der Waals surface area contributed by atoms with E-state index < -0.39 is 0 Å². The first-order valence-electron chi connectivity index (χ1n) is 6.68. The van der Waals surface area contributed by atoms with E-state index in [1.807, 2.05) is 6.92 Å². The second kappa shape index (κ2) is 9.17. The van der Waals surface area contributed by atoms with Crippen molar-refractivity contribution in [3.63, 3.8) is 0 Å². The van der Waals surface area contributed by atoms with Gasteiger partial charge in [-0.25, -0.2) is 0 Å². The maximum absolute atomic E-state index is 11.6. The van der Waals surface area contributed by atoms with Crippen molar-refractivity contribution in [3.8, 4) is 0 Å². The minimum Gasteiger partial charge on any atom is -0.633 e. The average molecular weight is 215 g/mol. The van der Waals surface area contributed by atoms with Crippen LogP contribution in [0.4, 0.5) is 0 Å². The number of hydrogen-bond donors (Lipinski definition) is 0. The van der Waals surface area contributed by atoms with Gasteiger partial charge in [0.2, 0.25) is 0 Å². The Labute approximate surface area is 95.8 Å². The molecule has 0 saturated heterocycles. The van der Waals surface area contributed by atoms with Crippen LogP contribution in [0, 0.1) is 5.21 Å².